The van der Waals surface area contributed by atoms with Gasteiger partial charge in [0.25, 0.3) is 0 Å². The van der Waals surface area contributed by atoms with E-state index in [1.807, 2.05) is 0 Å². The molecule has 1 atom stereocenters. The van der Waals surface area contributed by atoms with Gasteiger partial charge in [-0.3, -0.25) is 0 Å². The van der Waals surface area contributed by atoms with E-state index in [-0.39, 0.29) is 0 Å². The molecule has 0 radical (unpaired) electrons. The third-order valence-corrected chi connectivity index (χ3v) is 3.91. The van der Waals surface area contributed by atoms with Crippen molar-refractivity contribution in [2.45, 2.75) is 38.5 Å². The van der Waals surface area contributed by atoms with Crippen molar-refractivity contribution in [3.05, 3.63) is 0 Å². The lowest BCUT2D eigenvalue weighted by atomic mass is 9.80. The van der Waals surface area contributed by atoms with Crippen LogP contribution in [-0.4, -0.2) is 24.8 Å². The summed E-state index contributed by atoms with van der Waals surface area (Å²) in [6.07, 6.45) is 7.87. The van der Waals surface area contributed by atoms with E-state index >= 15 is 0 Å². The van der Waals surface area contributed by atoms with E-state index in [0.29, 0.717) is 6.61 Å². The van der Waals surface area contributed by atoms with E-state index in [4.69, 9.17) is 5.11 Å². The summed E-state index contributed by atoms with van der Waals surface area (Å²) in [7, 11) is 0. The minimum absolute atomic E-state index is 0.368. The second kappa shape index (κ2) is 3.97. The van der Waals surface area contributed by atoms with Crippen molar-refractivity contribution in [3.63, 3.8) is 0 Å². The van der Waals surface area contributed by atoms with E-state index < -0.39 is 0 Å². The van der Waals surface area contributed by atoms with Gasteiger partial charge in [0, 0.05) is 6.61 Å². The molecule has 76 valence electrons. The van der Waals surface area contributed by atoms with E-state index in [9.17, 15) is 0 Å². The summed E-state index contributed by atoms with van der Waals surface area (Å²) in [5.74, 6) is 0.910. The molecule has 1 saturated heterocycles. The molecule has 2 N–H and O–H groups in total. The highest BCUT2D eigenvalue weighted by Crippen LogP contribution is 2.57. The Morgan fingerprint density at radius 3 is 2.77 bits per heavy atom. The molecule has 0 aromatic heterocycles. The summed E-state index contributed by atoms with van der Waals surface area (Å²) in [4.78, 5) is 0. The number of nitrogens with one attached hydrogen (secondary N) is 1. The Balaban J connectivity index is 1.76. The fourth-order valence-corrected chi connectivity index (χ4v) is 2.76. The summed E-state index contributed by atoms with van der Waals surface area (Å²) >= 11 is 0. The lowest BCUT2D eigenvalue weighted by Gasteiger charge is -2.32. The molecule has 0 aromatic rings. The molecule has 2 aliphatic rings. The third-order valence-electron chi connectivity index (χ3n) is 3.91. The Morgan fingerprint density at radius 1 is 1.23 bits per heavy atom. The van der Waals surface area contributed by atoms with Gasteiger partial charge in [0.15, 0.2) is 0 Å². The van der Waals surface area contributed by atoms with Gasteiger partial charge < -0.3 is 10.4 Å². The van der Waals surface area contributed by atoms with Crippen LogP contribution in [0.3, 0.4) is 0 Å². The van der Waals surface area contributed by atoms with Crippen LogP contribution in [0.25, 0.3) is 0 Å². The van der Waals surface area contributed by atoms with Crippen LogP contribution in [0.15, 0.2) is 0 Å². The highest BCUT2D eigenvalue weighted by atomic mass is 16.2. The zero-order valence-corrected chi connectivity index (χ0v) is 8.39. The van der Waals surface area contributed by atoms with Crippen LogP contribution in [0.5, 0.6) is 0 Å². The summed E-state index contributed by atoms with van der Waals surface area (Å²) in [5.41, 5.74) is 0.751. The Bertz CT molecular complexity index is 165. The predicted molar refractivity (Wildman–Crippen MR) is 53.6 cm³/mol. The highest BCUT2D eigenvalue weighted by molar-refractivity contribution is 5.01. The normalized spacial score (nSPS) is 30.7. The number of hydrogen-bond acceptors (Lipinski definition) is 2. The average molecular weight is 183 g/mol. The summed E-state index contributed by atoms with van der Waals surface area (Å²) in [6.45, 7) is 2.83. The Kier molecular flexibility index (Phi) is 2.89. The number of hydrogen-bond donors (Lipinski definition) is 2. The molecule has 13 heavy (non-hydrogen) atoms. The fourth-order valence-electron chi connectivity index (χ4n) is 2.76. The minimum Gasteiger partial charge on any atom is -0.396 e. The van der Waals surface area contributed by atoms with Crippen molar-refractivity contribution in [1.29, 1.82) is 0 Å². The lowest BCUT2D eigenvalue weighted by Crippen LogP contribution is -2.37. The Hall–Kier alpha value is -0.0800. The molecule has 2 nitrogen and oxygen atoms in total. The highest BCUT2D eigenvalue weighted by Gasteiger charge is 2.49. The topological polar surface area (TPSA) is 32.3 Å². The van der Waals surface area contributed by atoms with Crippen molar-refractivity contribution in [3.8, 4) is 0 Å². The quantitative estimate of drug-likeness (QED) is 0.648. The molecule has 2 rings (SSSR count). The Labute approximate surface area is 80.7 Å². The van der Waals surface area contributed by atoms with E-state index in [1.54, 1.807) is 0 Å². The number of piperidine rings is 1. The second-order valence-electron chi connectivity index (χ2n) is 4.73. The van der Waals surface area contributed by atoms with Gasteiger partial charge in [0.1, 0.15) is 0 Å². The minimum atomic E-state index is 0.368. The van der Waals surface area contributed by atoms with Gasteiger partial charge in [0.05, 0.1) is 0 Å². The largest absolute Gasteiger partial charge is 0.396 e. The monoisotopic (exact) mass is 183 g/mol. The molecule has 1 aliphatic heterocycles. The van der Waals surface area contributed by atoms with Crippen LogP contribution in [0.2, 0.25) is 0 Å². The number of aliphatic hydroxyl groups excluding tert-OH is 1. The van der Waals surface area contributed by atoms with Gasteiger partial charge in [0.2, 0.25) is 0 Å². The van der Waals surface area contributed by atoms with Crippen molar-refractivity contribution in [2.75, 3.05) is 19.7 Å². The standard InChI is InChI=1S/C11H21NO/c13-8-2-1-3-10-9-12-7-6-11(10)4-5-11/h10,12-13H,1-9H2. The zero-order valence-electron chi connectivity index (χ0n) is 8.39. The average Bonchev–Trinajstić information content (AvgIpc) is 2.90. The van der Waals surface area contributed by atoms with Crippen LogP contribution in [0, 0.1) is 11.3 Å². The van der Waals surface area contributed by atoms with Crippen molar-refractivity contribution < 1.29 is 5.11 Å². The smallest absolute Gasteiger partial charge is 0.0431 e. The van der Waals surface area contributed by atoms with Crippen LogP contribution >= 0.6 is 0 Å². The van der Waals surface area contributed by atoms with Gasteiger partial charge in [-0.15, -0.1) is 0 Å². The maximum Gasteiger partial charge on any atom is 0.0431 e. The molecule has 0 aromatic carbocycles. The third kappa shape index (κ3) is 2.05. The first-order valence-corrected chi connectivity index (χ1v) is 5.69. The van der Waals surface area contributed by atoms with Crippen molar-refractivity contribution >= 4 is 0 Å². The SMILES string of the molecule is OCCCCC1CNCCC12CC2. The summed E-state index contributed by atoms with van der Waals surface area (Å²) in [6, 6.07) is 0. The van der Waals surface area contributed by atoms with Crippen LogP contribution in [0.1, 0.15) is 38.5 Å². The molecule has 1 heterocycles. The van der Waals surface area contributed by atoms with Gasteiger partial charge in [-0.05, 0) is 56.5 Å². The maximum absolute atomic E-state index is 8.73. The van der Waals surface area contributed by atoms with Crippen molar-refractivity contribution in [2.24, 2.45) is 11.3 Å². The molecular weight excluding hydrogens is 162 g/mol. The lowest BCUT2D eigenvalue weighted by molar-refractivity contribution is 0.204. The van der Waals surface area contributed by atoms with Gasteiger partial charge in [-0.1, -0.05) is 6.42 Å². The van der Waals surface area contributed by atoms with E-state index in [1.165, 1.54) is 45.2 Å². The van der Waals surface area contributed by atoms with Crippen LogP contribution in [-0.2, 0) is 0 Å². The predicted octanol–water partition coefficient (Wildman–Crippen LogP) is 1.54. The maximum atomic E-state index is 8.73. The van der Waals surface area contributed by atoms with Crippen molar-refractivity contribution in [1.82, 2.24) is 5.32 Å². The summed E-state index contributed by atoms with van der Waals surface area (Å²) < 4.78 is 0. The molecule has 0 amide bonds. The molecule has 2 fully saturated rings. The fraction of sp³-hybridized carbons (Fsp3) is 1.00. The molecule has 1 spiro atoms. The molecule has 2 heteroatoms. The molecule has 1 unspecified atom stereocenters. The summed E-state index contributed by atoms with van der Waals surface area (Å²) in [5, 5.41) is 12.2. The first kappa shape index (κ1) is 9.47. The van der Waals surface area contributed by atoms with Gasteiger partial charge in [-0.25, -0.2) is 0 Å². The molecule has 1 aliphatic carbocycles. The Morgan fingerprint density at radius 2 is 2.08 bits per heavy atom. The molecule has 1 saturated carbocycles. The molecule has 0 bridgehead atoms. The van der Waals surface area contributed by atoms with Crippen LogP contribution in [0.4, 0.5) is 0 Å². The van der Waals surface area contributed by atoms with E-state index in [2.05, 4.69) is 5.32 Å². The molecular formula is C11H21NO. The van der Waals surface area contributed by atoms with Gasteiger partial charge >= 0.3 is 0 Å². The number of aliphatic hydroxyl groups is 1. The number of unbranched alkanes of at least 4 members (excludes halogenated alkanes) is 1. The van der Waals surface area contributed by atoms with Gasteiger partial charge in [-0.2, -0.15) is 0 Å². The first-order chi connectivity index (χ1) is 6.37. The number of rotatable bonds is 4. The second-order valence-corrected chi connectivity index (χ2v) is 4.73. The zero-order chi connectivity index (χ0) is 9.15. The first-order valence-electron chi connectivity index (χ1n) is 5.69. The van der Waals surface area contributed by atoms with Crippen LogP contribution < -0.4 is 5.32 Å². The van der Waals surface area contributed by atoms with E-state index in [0.717, 1.165) is 17.8 Å².